The molecule has 2 rings (SSSR count). The van der Waals surface area contributed by atoms with Gasteiger partial charge in [-0.2, -0.15) is 0 Å². The van der Waals surface area contributed by atoms with Gasteiger partial charge in [0.1, 0.15) is 6.10 Å². The number of carbonyl (C=O) groups is 1. The molecule has 1 aliphatic heterocycles. The molecule has 1 aromatic rings. The Morgan fingerprint density at radius 2 is 2.43 bits per heavy atom. The molecule has 0 atom stereocenters. The molecule has 4 heteroatoms. The maximum Gasteiger partial charge on any atom is 0.224 e. The van der Waals surface area contributed by atoms with Crippen LogP contribution in [0.1, 0.15) is 10.4 Å². The fraction of sp³-hybridized carbons (Fsp3) is 0.400. The van der Waals surface area contributed by atoms with E-state index in [0.29, 0.717) is 11.4 Å². The van der Waals surface area contributed by atoms with E-state index in [4.69, 9.17) is 4.74 Å². The Balaban J connectivity index is 2.05. The lowest BCUT2D eigenvalue weighted by molar-refractivity contribution is 0.0350. The van der Waals surface area contributed by atoms with Crippen molar-refractivity contribution in [3.8, 4) is 5.88 Å². The predicted octanol–water partition coefficient (Wildman–Crippen LogP) is 0.587. The molecule has 1 aliphatic rings. The quantitative estimate of drug-likeness (QED) is 0.657. The zero-order valence-electron chi connectivity index (χ0n) is 8.01. The molecule has 1 fully saturated rings. The number of rotatable bonds is 3. The summed E-state index contributed by atoms with van der Waals surface area (Å²) in [5.74, 6) is 0.445. The van der Waals surface area contributed by atoms with Gasteiger partial charge in [0.15, 0.2) is 6.29 Å². The predicted molar refractivity (Wildman–Crippen MR) is 51.5 cm³/mol. The molecular formula is C10H12N2O2. The molecule has 14 heavy (non-hydrogen) atoms. The largest absolute Gasteiger partial charge is 0.471 e. The number of aldehydes is 1. The number of carbonyl (C=O) groups excluding carboxylic acids is 1. The number of ether oxygens (including phenoxy) is 1. The van der Waals surface area contributed by atoms with Gasteiger partial charge in [0.2, 0.25) is 5.88 Å². The first-order valence-corrected chi connectivity index (χ1v) is 4.55. The van der Waals surface area contributed by atoms with Crippen molar-refractivity contribution >= 4 is 6.29 Å². The molecule has 1 aromatic heterocycles. The normalized spacial score (nSPS) is 17.5. The van der Waals surface area contributed by atoms with E-state index in [2.05, 4.69) is 9.88 Å². The highest BCUT2D eigenvalue weighted by Crippen LogP contribution is 2.17. The monoisotopic (exact) mass is 192 g/mol. The smallest absolute Gasteiger partial charge is 0.224 e. The van der Waals surface area contributed by atoms with Crippen molar-refractivity contribution in [1.29, 1.82) is 0 Å². The van der Waals surface area contributed by atoms with Crippen LogP contribution in [0.4, 0.5) is 0 Å². The summed E-state index contributed by atoms with van der Waals surface area (Å²) in [4.78, 5) is 16.8. The van der Waals surface area contributed by atoms with E-state index in [9.17, 15) is 4.79 Å². The van der Waals surface area contributed by atoms with Gasteiger partial charge in [-0.05, 0) is 19.2 Å². The van der Waals surface area contributed by atoms with Gasteiger partial charge in [0.05, 0.1) is 5.56 Å². The molecule has 0 unspecified atom stereocenters. The summed E-state index contributed by atoms with van der Waals surface area (Å²) in [6.45, 7) is 1.80. The van der Waals surface area contributed by atoms with Crippen LogP contribution in [0.2, 0.25) is 0 Å². The molecule has 0 saturated carbocycles. The van der Waals surface area contributed by atoms with E-state index in [0.717, 1.165) is 19.4 Å². The first kappa shape index (κ1) is 9.15. The number of likely N-dealkylation sites (tertiary alicyclic amines) is 1. The van der Waals surface area contributed by atoms with Crippen molar-refractivity contribution in [1.82, 2.24) is 9.88 Å². The summed E-state index contributed by atoms with van der Waals surface area (Å²) >= 11 is 0. The molecule has 0 spiro atoms. The van der Waals surface area contributed by atoms with Gasteiger partial charge < -0.3 is 4.74 Å². The van der Waals surface area contributed by atoms with Gasteiger partial charge in [-0.15, -0.1) is 0 Å². The highest BCUT2D eigenvalue weighted by molar-refractivity contribution is 5.77. The second-order valence-corrected chi connectivity index (χ2v) is 3.48. The Morgan fingerprint density at radius 3 is 3.07 bits per heavy atom. The van der Waals surface area contributed by atoms with Crippen molar-refractivity contribution in [2.75, 3.05) is 20.1 Å². The van der Waals surface area contributed by atoms with Gasteiger partial charge in [0, 0.05) is 19.3 Å². The van der Waals surface area contributed by atoms with Crippen LogP contribution < -0.4 is 4.74 Å². The summed E-state index contributed by atoms with van der Waals surface area (Å²) in [6, 6.07) is 3.43. The third kappa shape index (κ3) is 1.75. The number of likely N-dealkylation sites (N-methyl/N-ethyl adjacent to an activating group) is 1. The Labute approximate surface area is 82.5 Å². The fourth-order valence-corrected chi connectivity index (χ4v) is 1.47. The summed E-state index contributed by atoms with van der Waals surface area (Å²) in [6.07, 6.45) is 2.57. The molecule has 0 radical (unpaired) electrons. The van der Waals surface area contributed by atoms with E-state index in [1.54, 1.807) is 18.3 Å². The topological polar surface area (TPSA) is 42.4 Å². The summed E-state index contributed by atoms with van der Waals surface area (Å²) in [7, 11) is 2.03. The van der Waals surface area contributed by atoms with Crippen LogP contribution in [0.3, 0.4) is 0 Å². The van der Waals surface area contributed by atoms with E-state index in [-0.39, 0.29) is 6.10 Å². The molecule has 1 saturated heterocycles. The number of nitrogens with zero attached hydrogens (tertiary/aromatic N) is 2. The summed E-state index contributed by atoms with van der Waals surface area (Å²) in [5.41, 5.74) is 0.516. The lowest BCUT2D eigenvalue weighted by Crippen LogP contribution is -2.51. The first-order chi connectivity index (χ1) is 6.79. The maximum absolute atomic E-state index is 10.6. The van der Waals surface area contributed by atoms with E-state index < -0.39 is 0 Å². The van der Waals surface area contributed by atoms with E-state index >= 15 is 0 Å². The first-order valence-electron chi connectivity index (χ1n) is 4.55. The summed E-state index contributed by atoms with van der Waals surface area (Å²) < 4.78 is 5.56. The third-order valence-corrected chi connectivity index (χ3v) is 2.24. The zero-order chi connectivity index (χ0) is 9.97. The Morgan fingerprint density at radius 1 is 1.64 bits per heavy atom. The Kier molecular flexibility index (Phi) is 2.45. The van der Waals surface area contributed by atoms with Crippen LogP contribution in [0.15, 0.2) is 18.3 Å². The number of aromatic nitrogens is 1. The second kappa shape index (κ2) is 3.75. The van der Waals surface area contributed by atoms with Gasteiger partial charge >= 0.3 is 0 Å². The fourth-order valence-electron chi connectivity index (χ4n) is 1.47. The van der Waals surface area contributed by atoms with Gasteiger partial charge in [-0.1, -0.05) is 0 Å². The molecule has 74 valence electrons. The molecule has 0 aromatic carbocycles. The van der Waals surface area contributed by atoms with Crippen molar-refractivity contribution in [3.05, 3.63) is 23.9 Å². The number of hydrogen-bond donors (Lipinski definition) is 0. The highest BCUT2D eigenvalue weighted by Gasteiger charge is 2.25. The molecule has 0 bridgehead atoms. The minimum absolute atomic E-state index is 0.175. The molecular weight excluding hydrogens is 180 g/mol. The second-order valence-electron chi connectivity index (χ2n) is 3.48. The van der Waals surface area contributed by atoms with Crippen LogP contribution >= 0.6 is 0 Å². The van der Waals surface area contributed by atoms with Crippen LogP contribution in [0.25, 0.3) is 0 Å². The van der Waals surface area contributed by atoms with Gasteiger partial charge in [-0.3, -0.25) is 9.69 Å². The summed E-state index contributed by atoms with van der Waals surface area (Å²) in [5, 5.41) is 0. The minimum Gasteiger partial charge on any atom is -0.471 e. The highest BCUT2D eigenvalue weighted by atomic mass is 16.5. The average Bonchev–Trinajstić information content (AvgIpc) is 2.16. The molecule has 4 nitrogen and oxygen atoms in total. The van der Waals surface area contributed by atoms with Crippen LogP contribution in [0.5, 0.6) is 5.88 Å². The van der Waals surface area contributed by atoms with Gasteiger partial charge in [-0.25, -0.2) is 4.98 Å². The van der Waals surface area contributed by atoms with E-state index in [1.807, 2.05) is 7.05 Å². The average molecular weight is 192 g/mol. The van der Waals surface area contributed by atoms with E-state index in [1.165, 1.54) is 0 Å². The SMILES string of the molecule is CN1CC(Oc2ncccc2C=O)C1. The van der Waals surface area contributed by atoms with Gasteiger partial charge in [0.25, 0.3) is 0 Å². The number of pyridine rings is 1. The lowest BCUT2D eigenvalue weighted by Gasteiger charge is -2.35. The molecule has 0 N–H and O–H groups in total. The zero-order valence-corrected chi connectivity index (χ0v) is 8.01. The molecule has 0 amide bonds. The maximum atomic E-state index is 10.6. The van der Waals surface area contributed by atoms with Crippen LogP contribution in [-0.2, 0) is 0 Å². The van der Waals surface area contributed by atoms with Crippen molar-refractivity contribution < 1.29 is 9.53 Å². The molecule has 2 heterocycles. The Bertz CT molecular complexity index is 335. The Hall–Kier alpha value is -1.42. The third-order valence-electron chi connectivity index (χ3n) is 2.24. The van der Waals surface area contributed by atoms with Crippen LogP contribution in [-0.4, -0.2) is 42.4 Å². The van der Waals surface area contributed by atoms with Crippen LogP contribution in [0, 0.1) is 0 Å². The molecule has 0 aliphatic carbocycles. The van der Waals surface area contributed by atoms with Crippen molar-refractivity contribution in [2.45, 2.75) is 6.10 Å². The number of hydrogen-bond acceptors (Lipinski definition) is 4. The minimum atomic E-state index is 0.175. The standard InChI is InChI=1S/C10H12N2O2/c1-12-5-9(6-12)14-10-8(7-13)3-2-4-11-10/h2-4,7,9H,5-6H2,1H3. The van der Waals surface area contributed by atoms with Crippen molar-refractivity contribution in [3.63, 3.8) is 0 Å². The lowest BCUT2D eigenvalue weighted by atomic mass is 10.2. The van der Waals surface area contributed by atoms with Crippen molar-refractivity contribution in [2.24, 2.45) is 0 Å².